The summed E-state index contributed by atoms with van der Waals surface area (Å²) in [6.45, 7) is 4.00. The van der Waals surface area contributed by atoms with Crippen molar-refractivity contribution in [3.63, 3.8) is 0 Å². The molecule has 0 aromatic heterocycles. The molecule has 0 spiro atoms. The number of esters is 1. The summed E-state index contributed by atoms with van der Waals surface area (Å²) >= 11 is 0. The number of aromatic hydroxyl groups is 2. The van der Waals surface area contributed by atoms with Crippen molar-refractivity contribution < 1.29 is 34.0 Å². The number of phenols is 2. The number of rotatable bonds is 9. The molecule has 0 radical (unpaired) electrons. The summed E-state index contributed by atoms with van der Waals surface area (Å²) in [4.78, 5) is 24.9. The van der Waals surface area contributed by atoms with Crippen molar-refractivity contribution in [2.45, 2.75) is 31.9 Å². The molecule has 1 amide bonds. The van der Waals surface area contributed by atoms with Gasteiger partial charge in [-0.15, -0.1) is 0 Å². The lowest BCUT2D eigenvalue weighted by molar-refractivity contribution is -0.118. The molecular formula is C28H30N2O7. The number of fused-ring (bicyclic) bond motifs is 1. The fraction of sp³-hybridized carbons (Fsp3) is 0.286. The predicted octanol–water partition coefficient (Wildman–Crippen LogP) is 3.95. The van der Waals surface area contributed by atoms with Gasteiger partial charge in [-0.2, -0.15) is 0 Å². The van der Waals surface area contributed by atoms with Gasteiger partial charge in [0.05, 0.1) is 12.8 Å². The lowest BCUT2D eigenvalue weighted by Crippen LogP contribution is -2.44. The summed E-state index contributed by atoms with van der Waals surface area (Å²) in [5.74, 6) is -0.352. The van der Waals surface area contributed by atoms with Crippen LogP contribution in [0.4, 0.5) is 5.69 Å². The van der Waals surface area contributed by atoms with Crippen LogP contribution >= 0.6 is 0 Å². The minimum atomic E-state index is -0.918. The van der Waals surface area contributed by atoms with Crippen LogP contribution in [0.2, 0.25) is 0 Å². The van der Waals surface area contributed by atoms with E-state index in [0.29, 0.717) is 17.7 Å². The number of hydrogen-bond acceptors (Lipinski definition) is 8. The number of phenolic OH excluding ortho intramolecular Hbond substituents is 2. The Kier molecular flexibility index (Phi) is 7.54. The van der Waals surface area contributed by atoms with Gasteiger partial charge in [-0.25, -0.2) is 4.79 Å². The van der Waals surface area contributed by atoms with Crippen LogP contribution < -0.4 is 20.1 Å². The number of anilines is 1. The highest BCUT2D eigenvalue weighted by atomic mass is 16.5. The quantitative estimate of drug-likeness (QED) is 0.322. The standard InChI is InChI=1S/C28H30N2O7/c1-28(2,14-17-8-10-19(35-3)11-9-17)29-15-24(37-27(34)20-6-4-5-7-23(20)32)21-12-18(31)13-22-26(21)36-16-25(33)30-22/h4-13,24,29,31-32H,14-16H2,1-3H3,(H,30,33)/t24-/m0/s1. The number of hydrogen-bond donors (Lipinski definition) is 4. The second-order valence-electron chi connectivity index (χ2n) is 9.45. The number of para-hydroxylation sites is 1. The summed E-state index contributed by atoms with van der Waals surface area (Å²) in [6.07, 6.45) is -0.250. The maximum absolute atomic E-state index is 13.0. The third-order valence-corrected chi connectivity index (χ3v) is 6.02. The van der Waals surface area contributed by atoms with Crippen molar-refractivity contribution >= 4 is 17.6 Å². The third-order valence-electron chi connectivity index (χ3n) is 6.02. The van der Waals surface area contributed by atoms with Crippen molar-refractivity contribution in [3.8, 4) is 23.0 Å². The summed E-state index contributed by atoms with van der Waals surface area (Å²) < 4.78 is 16.7. The van der Waals surface area contributed by atoms with Crippen LogP contribution in [0.1, 0.15) is 41.4 Å². The Labute approximate surface area is 215 Å². The maximum Gasteiger partial charge on any atom is 0.342 e. The first-order chi connectivity index (χ1) is 17.6. The Morgan fingerprint density at radius 2 is 1.86 bits per heavy atom. The molecule has 0 bridgehead atoms. The molecule has 1 aliphatic heterocycles. The SMILES string of the molecule is COc1ccc(CC(C)(C)NC[C@H](OC(=O)c2ccccc2O)c2cc(O)cc3c2OCC(=O)N3)cc1. The smallest absolute Gasteiger partial charge is 0.342 e. The molecule has 0 fully saturated rings. The highest BCUT2D eigenvalue weighted by molar-refractivity contribution is 5.96. The lowest BCUT2D eigenvalue weighted by atomic mass is 9.94. The van der Waals surface area contributed by atoms with E-state index >= 15 is 0 Å². The highest BCUT2D eigenvalue weighted by Crippen LogP contribution is 2.40. The Bertz CT molecular complexity index is 1290. The van der Waals surface area contributed by atoms with Crippen molar-refractivity contribution in [1.82, 2.24) is 5.32 Å². The van der Waals surface area contributed by atoms with E-state index in [-0.39, 0.29) is 41.8 Å². The number of carbonyl (C=O) groups is 2. The largest absolute Gasteiger partial charge is 0.508 e. The van der Waals surface area contributed by atoms with Crippen LogP contribution in [-0.4, -0.2) is 47.9 Å². The molecule has 0 aliphatic carbocycles. The van der Waals surface area contributed by atoms with Gasteiger partial charge in [0.1, 0.15) is 28.9 Å². The van der Waals surface area contributed by atoms with Gasteiger partial charge in [-0.3, -0.25) is 4.79 Å². The molecule has 9 nitrogen and oxygen atoms in total. The minimum Gasteiger partial charge on any atom is -0.508 e. The zero-order valence-corrected chi connectivity index (χ0v) is 20.9. The first kappa shape index (κ1) is 25.8. The van der Waals surface area contributed by atoms with Crippen LogP contribution in [0.3, 0.4) is 0 Å². The summed E-state index contributed by atoms with van der Waals surface area (Å²) in [7, 11) is 1.62. The van der Waals surface area contributed by atoms with E-state index in [2.05, 4.69) is 10.6 Å². The van der Waals surface area contributed by atoms with Gasteiger partial charge in [0.15, 0.2) is 12.4 Å². The average molecular weight is 507 g/mol. The van der Waals surface area contributed by atoms with Crippen LogP contribution in [0.15, 0.2) is 60.7 Å². The Balaban J connectivity index is 1.61. The molecule has 1 heterocycles. The van der Waals surface area contributed by atoms with Crippen molar-refractivity contribution in [1.29, 1.82) is 0 Å². The van der Waals surface area contributed by atoms with Gasteiger partial charge in [0.2, 0.25) is 0 Å². The van der Waals surface area contributed by atoms with Gasteiger partial charge in [-0.1, -0.05) is 24.3 Å². The normalized spacial score (nSPS) is 13.6. The molecular weight excluding hydrogens is 476 g/mol. The summed E-state index contributed by atoms with van der Waals surface area (Å²) in [6, 6.07) is 16.7. The van der Waals surface area contributed by atoms with Crippen LogP contribution in [-0.2, 0) is 16.0 Å². The number of carbonyl (C=O) groups excluding carboxylic acids is 2. The Morgan fingerprint density at radius 1 is 1.14 bits per heavy atom. The van der Waals surface area contributed by atoms with E-state index in [9.17, 15) is 19.8 Å². The lowest BCUT2D eigenvalue weighted by Gasteiger charge is -2.31. The van der Waals surface area contributed by atoms with Crippen LogP contribution in [0.5, 0.6) is 23.0 Å². The second-order valence-corrected chi connectivity index (χ2v) is 9.45. The van der Waals surface area contributed by atoms with E-state index in [4.69, 9.17) is 14.2 Å². The molecule has 4 N–H and O–H groups in total. The molecule has 37 heavy (non-hydrogen) atoms. The average Bonchev–Trinajstić information content (AvgIpc) is 2.86. The van der Waals surface area contributed by atoms with Crippen LogP contribution in [0, 0.1) is 0 Å². The van der Waals surface area contributed by atoms with Gasteiger partial charge in [0, 0.05) is 23.7 Å². The van der Waals surface area contributed by atoms with E-state index in [1.165, 1.54) is 24.3 Å². The van der Waals surface area contributed by atoms with Crippen LogP contribution in [0.25, 0.3) is 0 Å². The Morgan fingerprint density at radius 3 is 2.57 bits per heavy atom. The van der Waals surface area contributed by atoms with E-state index in [1.807, 2.05) is 38.1 Å². The minimum absolute atomic E-state index is 0.00762. The number of benzene rings is 3. The molecule has 0 saturated carbocycles. The number of methoxy groups -OCH3 is 1. The monoisotopic (exact) mass is 506 g/mol. The molecule has 1 atom stereocenters. The topological polar surface area (TPSA) is 126 Å². The van der Waals surface area contributed by atoms with Gasteiger partial charge in [-0.05, 0) is 56.2 Å². The zero-order chi connectivity index (χ0) is 26.6. The van der Waals surface area contributed by atoms with Gasteiger partial charge < -0.3 is 35.1 Å². The first-order valence-electron chi connectivity index (χ1n) is 11.8. The summed E-state index contributed by atoms with van der Waals surface area (Å²) in [5, 5.41) is 26.6. The van der Waals surface area contributed by atoms with E-state index < -0.39 is 17.6 Å². The van der Waals surface area contributed by atoms with E-state index in [1.54, 1.807) is 19.2 Å². The fourth-order valence-corrected chi connectivity index (χ4v) is 4.19. The molecule has 194 valence electrons. The fourth-order valence-electron chi connectivity index (χ4n) is 4.19. The van der Waals surface area contributed by atoms with Crippen molar-refractivity contribution in [2.24, 2.45) is 0 Å². The molecule has 4 rings (SSSR count). The van der Waals surface area contributed by atoms with Crippen molar-refractivity contribution in [2.75, 3.05) is 25.6 Å². The summed E-state index contributed by atoms with van der Waals surface area (Å²) in [5.41, 5.74) is 1.34. The van der Waals surface area contributed by atoms with Gasteiger partial charge >= 0.3 is 5.97 Å². The zero-order valence-electron chi connectivity index (χ0n) is 20.9. The molecule has 0 saturated heterocycles. The Hall–Kier alpha value is -4.24. The molecule has 0 unspecified atom stereocenters. The first-order valence-corrected chi connectivity index (χ1v) is 11.8. The number of nitrogens with one attached hydrogen (secondary N) is 2. The highest BCUT2D eigenvalue weighted by Gasteiger charge is 2.30. The molecule has 3 aromatic carbocycles. The maximum atomic E-state index is 13.0. The predicted molar refractivity (Wildman–Crippen MR) is 137 cm³/mol. The molecule has 3 aromatic rings. The van der Waals surface area contributed by atoms with Crippen molar-refractivity contribution in [3.05, 3.63) is 77.4 Å². The van der Waals surface area contributed by atoms with Gasteiger partial charge in [0.25, 0.3) is 5.91 Å². The third kappa shape index (κ3) is 6.31. The second kappa shape index (κ2) is 10.8. The molecule has 1 aliphatic rings. The van der Waals surface area contributed by atoms with E-state index in [0.717, 1.165) is 11.3 Å². The molecule has 9 heteroatoms. The number of ether oxygens (including phenoxy) is 3. The number of amides is 1.